The average Bonchev–Trinajstić information content (AvgIpc) is 2.89. The van der Waals surface area contributed by atoms with Crippen LogP contribution in [-0.4, -0.2) is 30.2 Å². The third-order valence-electron chi connectivity index (χ3n) is 3.81. The zero-order valence-corrected chi connectivity index (χ0v) is 11.6. The molecule has 4 heteroatoms. The number of rotatable bonds is 5. The van der Waals surface area contributed by atoms with Crippen molar-refractivity contribution in [3.63, 3.8) is 0 Å². The first-order chi connectivity index (χ1) is 9.23. The van der Waals surface area contributed by atoms with E-state index in [9.17, 15) is 4.79 Å². The topological polar surface area (TPSA) is 38.8 Å². The molecule has 1 aliphatic rings. The van der Waals surface area contributed by atoms with Crippen molar-refractivity contribution in [3.05, 3.63) is 35.9 Å². The Labute approximate surface area is 114 Å². The second-order valence-electron chi connectivity index (χ2n) is 4.84. The van der Waals surface area contributed by atoms with Crippen LogP contribution in [0.1, 0.15) is 31.7 Å². The molecule has 1 aromatic carbocycles. The van der Waals surface area contributed by atoms with Gasteiger partial charge in [0.25, 0.3) is 0 Å². The van der Waals surface area contributed by atoms with E-state index in [1.54, 1.807) is 0 Å². The van der Waals surface area contributed by atoms with Gasteiger partial charge in [-0.15, -0.1) is 0 Å². The van der Waals surface area contributed by atoms with Crippen LogP contribution in [0.3, 0.4) is 0 Å². The van der Waals surface area contributed by atoms with Crippen molar-refractivity contribution < 1.29 is 14.4 Å². The van der Waals surface area contributed by atoms with E-state index in [1.807, 2.05) is 42.3 Å². The second kappa shape index (κ2) is 6.17. The Hall–Kier alpha value is -1.39. The summed E-state index contributed by atoms with van der Waals surface area (Å²) >= 11 is 0. The van der Waals surface area contributed by atoms with Crippen LogP contribution in [0.25, 0.3) is 0 Å². The highest BCUT2D eigenvalue weighted by molar-refractivity contribution is 5.80. The molecule has 1 fully saturated rings. The van der Waals surface area contributed by atoms with Gasteiger partial charge in [-0.2, -0.15) is 5.06 Å². The predicted octanol–water partition coefficient (Wildman–Crippen LogP) is 2.54. The summed E-state index contributed by atoms with van der Waals surface area (Å²) in [6.07, 6.45) is 2.46. The van der Waals surface area contributed by atoms with Crippen LogP contribution >= 0.6 is 0 Å². The van der Waals surface area contributed by atoms with Crippen molar-refractivity contribution in [3.8, 4) is 0 Å². The van der Waals surface area contributed by atoms with Crippen LogP contribution in [0.4, 0.5) is 0 Å². The van der Waals surface area contributed by atoms with E-state index in [0.29, 0.717) is 13.0 Å². The molecule has 1 aliphatic heterocycles. The van der Waals surface area contributed by atoms with Crippen LogP contribution in [0.2, 0.25) is 0 Å². The van der Waals surface area contributed by atoms with Crippen LogP contribution in [0.5, 0.6) is 0 Å². The third-order valence-corrected chi connectivity index (χ3v) is 3.81. The summed E-state index contributed by atoms with van der Waals surface area (Å²) in [5.74, 6) is -0.194. The maximum absolute atomic E-state index is 12.0. The molecule has 104 valence electrons. The highest BCUT2D eigenvalue weighted by atomic mass is 16.7. The Kier molecular flexibility index (Phi) is 4.56. The van der Waals surface area contributed by atoms with Crippen molar-refractivity contribution in [2.75, 3.05) is 13.7 Å². The average molecular weight is 263 g/mol. The molecule has 0 bridgehead atoms. The van der Waals surface area contributed by atoms with Crippen LogP contribution in [0, 0.1) is 0 Å². The minimum absolute atomic E-state index is 0.194. The molecule has 1 saturated heterocycles. The Morgan fingerprint density at radius 2 is 2.11 bits per heavy atom. The van der Waals surface area contributed by atoms with E-state index < -0.39 is 5.54 Å². The van der Waals surface area contributed by atoms with Gasteiger partial charge in [0.15, 0.2) is 0 Å². The molecular weight excluding hydrogens is 242 g/mol. The summed E-state index contributed by atoms with van der Waals surface area (Å²) in [6.45, 7) is 3.26. The summed E-state index contributed by atoms with van der Waals surface area (Å²) in [5, 5.41) is 1.81. The van der Waals surface area contributed by atoms with Gasteiger partial charge < -0.3 is 4.74 Å². The smallest absolute Gasteiger partial charge is 0.328 e. The van der Waals surface area contributed by atoms with Crippen molar-refractivity contribution in [2.24, 2.45) is 0 Å². The minimum atomic E-state index is -0.608. The second-order valence-corrected chi connectivity index (χ2v) is 4.84. The van der Waals surface area contributed by atoms with Crippen molar-refractivity contribution in [1.82, 2.24) is 5.06 Å². The van der Waals surface area contributed by atoms with Gasteiger partial charge in [0.05, 0.1) is 13.7 Å². The molecule has 2 rings (SSSR count). The Bertz CT molecular complexity index is 421. The fourth-order valence-electron chi connectivity index (χ4n) is 2.66. The summed E-state index contributed by atoms with van der Waals surface area (Å²) in [5.41, 5.74) is 0.494. The minimum Gasteiger partial charge on any atom is -0.468 e. The monoisotopic (exact) mass is 263 g/mol. The maximum Gasteiger partial charge on any atom is 0.328 e. The van der Waals surface area contributed by atoms with Crippen molar-refractivity contribution in [1.29, 1.82) is 0 Å². The summed E-state index contributed by atoms with van der Waals surface area (Å²) in [7, 11) is 1.44. The molecule has 0 spiro atoms. The number of hydroxylamine groups is 2. The fraction of sp³-hybridized carbons (Fsp3) is 0.533. The Morgan fingerprint density at radius 3 is 2.74 bits per heavy atom. The van der Waals surface area contributed by atoms with Crippen molar-refractivity contribution in [2.45, 2.75) is 38.3 Å². The number of ether oxygens (including phenoxy) is 1. The first kappa shape index (κ1) is 14.0. The first-order valence-electron chi connectivity index (χ1n) is 6.76. The molecular formula is C15H21NO3. The zero-order chi connectivity index (χ0) is 13.7. The number of hydrogen-bond donors (Lipinski definition) is 0. The lowest BCUT2D eigenvalue weighted by molar-refractivity contribution is -0.223. The van der Waals surface area contributed by atoms with Gasteiger partial charge in [-0.1, -0.05) is 37.3 Å². The lowest BCUT2D eigenvalue weighted by Gasteiger charge is -2.33. The normalized spacial score (nSPS) is 23.5. The summed E-state index contributed by atoms with van der Waals surface area (Å²) in [4.78, 5) is 17.9. The SMILES string of the molecule is CCC1(C(=O)OC)CCCN1OCc1ccccc1. The lowest BCUT2D eigenvalue weighted by atomic mass is 9.94. The Balaban J connectivity index is 2.04. The quantitative estimate of drug-likeness (QED) is 0.765. The predicted molar refractivity (Wildman–Crippen MR) is 72.2 cm³/mol. The van der Waals surface area contributed by atoms with Gasteiger partial charge in [0.2, 0.25) is 0 Å². The van der Waals surface area contributed by atoms with Gasteiger partial charge in [0, 0.05) is 6.54 Å². The molecule has 0 N–H and O–H groups in total. The van der Waals surface area contributed by atoms with Gasteiger partial charge in [-0.25, -0.2) is 4.79 Å². The summed E-state index contributed by atoms with van der Waals surface area (Å²) < 4.78 is 4.95. The Morgan fingerprint density at radius 1 is 1.37 bits per heavy atom. The molecule has 1 unspecified atom stereocenters. The highest BCUT2D eigenvalue weighted by Crippen LogP contribution is 2.34. The molecule has 1 heterocycles. The third kappa shape index (κ3) is 2.80. The number of esters is 1. The number of carbonyl (C=O) groups excluding carboxylic acids is 1. The van der Waals surface area contributed by atoms with Crippen molar-refractivity contribution >= 4 is 5.97 Å². The number of nitrogens with zero attached hydrogens (tertiary/aromatic N) is 1. The first-order valence-corrected chi connectivity index (χ1v) is 6.76. The molecule has 1 aromatic rings. The van der Waals surface area contributed by atoms with E-state index in [2.05, 4.69) is 0 Å². The van der Waals surface area contributed by atoms with Crippen LogP contribution in [-0.2, 0) is 21.0 Å². The molecule has 0 radical (unpaired) electrons. The van der Waals surface area contributed by atoms with E-state index >= 15 is 0 Å². The zero-order valence-electron chi connectivity index (χ0n) is 11.6. The molecule has 0 aromatic heterocycles. The molecule has 0 amide bonds. The van der Waals surface area contributed by atoms with Crippen LogP contribution in [0.15, 0.2) is 30.3 Å². The molecule has 0 saturated carbocycles. The van der Waals surface area contributed by atoms with E-state index in [1.165, 1.54) is 7.11 Å². The molecule has 4 nitrogen and oxygen atoms in total. The van der Waals surface area contributed by atoms with Gasteiger partial charge in [0.1, 0.15) is 5.54 Å². The van der Waals surface area contributed by atoms with Gasteiger partial charge in [-0.3, -0.25) is 4.84 Å². The van der Waals surface area contributed by atoms with E-state index in [4.69, 9.17) is 9.57 Å². The molecule has 19 heavy (non-hydrogen) atoms. The standard InChI is InChI=1S/C15H21NO3/c1-3-15(14(17)18-2)10-7-11-16(15)19-12-13-8-5-4-6-9-13/h4-6,8-9H,3,7,10-12H2,1-2H3. The highest BCUT2D eigenvalue weighted by Gasteiger charge is 2.48. The van der Waals surface area contributed by atoms with E-state index in [0.717, 1.165) is 24.9 Å². The molecule has 0 aliphatic carbocycles. The lowest BCUT2D eigenvalue weighted by Crippen LogP contribution is -2.50. The maximum atomic E-state index is 12.0. The van der Waals surface area contributed by atoms with Gasteiger partial charge >= 0.3 is 5.97 Å². The summed E-state index contributed by atoms with van der Waals surface area (Å²) in [6, 6.07) is 9.97. The van der Waals surface area contributed by atoms with Gasteiger partial charge in [-0.05, 0) is 24.8 Å². The van der Waals surface area contributed by atoms with E-state index in [-0.39, 0.29) is 5.97 Å². The number of benzene rings is 1. The van der Waals surface area contributed by atoms with Crippen LogP contribution < -0.4 is 0 Å². The molecule has 1 atom stereocenters. The number of carbonyl (C=O) groups is 1. The number of hydrogen-bond acceptors (Lipinski definition) is 4. The number of methoxy groups -OCH3 is 1. The largest absolute Gasteiger partial charge is 0.468 e. The fourth-order valence-corrected chi connectivity index (χ4v) is 2.66.